The van der Waals surface area contributed by atoms with Crippen molar-refractivity contribution in [3.05, 3.63) is 34.9 Å². The van der Waals surface area contributed by atoms with Crippen LogP contribution in [0.3, 0.4) is 0 Å². The smallest absolute Gasteiger partial charge is 0.176 e. The van der Waals surface area contributed by atoms with Gasteiger partial charge in [-0.05, 0) is 61.0 Å². The van der Waals surface area contributed by atoms with E-state index in [-0.39, 0.29) is 11.5 Å². The van der Waals surface area contributed by atoms with E-state index >= 15 is 0 Å². The quantitative estimate of drug-likeness (QED) is 0.370. The molecule has 2 saturated carbocycles. The molecule has 0 aliphatic heterocycles. The number of halogens is 2. The van der Waals surface area contributed by atoms with E-state index in [4.69, 9.17) is 5.26 Å². The number of nitriles is 1. The summed E-state index contributed by atoms with van der Waals surface area (Å²) in [5.74, 6) is 0.976. The molecule has 1 nitrogen and oxygen atoms in total. The van der Waals surface area contributed by atoms with Crippen LogP contribution in [0.5, 0.6) is 0 Å². The fraction of sp³-hybridized carbons (Fsp3) is 0.741. The van der Waals surface area contributed by atoms with Crippen LogP contribution in [-0.4, -0.2) is 0 Å². The molecule has 0 aromatic heterocycles. The Hall–Kier alpha value is -1.43. The van der Waals surface area contributed by atoms with Crippen molar-refractivity contribution >= 4 is 0 Å². The van der Waals surface area contributed by atoms with Crippen LogP contribution < -0.4 is 0 Å². The Bertz CT molecular complexity index is 692. The molecule has 0 radical (unpaired) electrons. The van der Waals surface area contributed by atoms with E-state index in [2.05, 4.69) is 6.92 Å². The maximum absolute atomic E-state index is 14.3. The Kier molecular flexibility index (Phi) is 9.16. The molecule has 30 heavy (non-hydrogen) atoms. The average Bonchev–Trinajstić information content (AvgIpc) is 2.78. The zero-order chi connectivity index (χ0) is 21.3. The van der Waals surface area contributed by atoms with Gasteiger partial charge in [0.25, 0.3) is 0 Å². The van der Waals surface area contributed by atoms with E-state index in [1.807, 2.05) is 0 Å². The highest BCUT2D eigenvalue weighted by Crippen LogP contribution is 2.41. The van der Waals surface area contributed by atoms with Crippen molar-refractivity contribution in [2.24, 2.45) is 17.8 Å². The number of unbranched alkanes of at least 4 members (excludes halogenated alkanes) is 3. The van der Waals surface area contributed by atoms with E-state index in [0.717, 1.165) is 43.4 Å². The Morgan fingerprint density at radius 3 is 1.90 bits per heavy atom. The molecule has 0 N–H and O–H groups in total. The molecule has 0 unspecified atom stereocenters. The summed E-state index contributed by atoms with van der Waals surface area (Å²) >= 11 is 0. The molecule has 0 spiro atoms. The van der Waals surface area contributed by atoms with E-state index in [0.29, 0.717) is 5.56 Å². The monoisotopic (exact) mass is 415 g/mol. The topological polar surface area (TPSA) is 23.8 Å². The summed E-state index contributed by atoms with van der Waals surface area (Å²) in [5, 5.41) is 8.86. The molecule has 2 aliphatic rings. The van der Waals surface area contributed by atoms with Crippen LogP contribution in [0, 0.1) is 40.7 Å². The fourth-order valence-corrected chi connectivity index (χ4v) is 5.87. The number of hydrogen-bond donors (Lipinski definition) is 0. The Balaban J connectivity index is 1.35. The highest BCUT2D eigenvalue weighted by atomic mass is 19.2. The van der Waals surface area contributed by atoms with Gasteiger partial charge in [-0.2, -0.15) is 5.26 Å². The van der Waals surface area contributed by atoms with E-state index in [1.165, 1.54) is 76.7 Å². The third-order valence-corrected chi connectivity index (χ3v) is 7.93. The normalized spacial score (nSPS) is 27.0. The highest BCUT2D eigenvalue weighted by molar-refractivity contribution is 5.36. The molecule has 2 aliphatic carbocycles. The molecule has 1 aromatic carbocycles. The number of hydrogen-bond acceptors (Lipinski definition) is 1. The van der Waals surface area contributed by atoms with Crippen LogP contribution in [0.2, 0.25) is 0 Å². The van der Waals surface area contributed by atoms with Crippen molar-refractivity contribution in [2.45, 2.75) is 109 Å². The van der Waals surface area contributed by atoms with Gasteiger partial charge in [0, 0.05) is 0 Å². The minimum atomic E-state index is -0.974. The zero-order valence-electron chi connectivity index (χ0n) is 18.8. The Labute approximate surface area is 182 Å². The lowest BCUT2D eigenvalue weighted by Gasteiger charge is -2.32. The molecule has 2 fully saturated rings. The summed E-state index contributed by atoms with van der Waals surface area (Å²) in [4.78, 5) is 0. The minimum absolute atomic E-state index is 0.103. The Morgan fingerprint density at radius 2 is 1.33 bits per heavy atom. The van der Waals surface area contributed by atoms with Gasteiger partial charge in [0.2, 0.25) is 0 Å². The van der Waals surface area contributed by atoms with Crippen molar-refractivity contribution in [3.63, 3.8) is 0 Å². The van der Waals surface area contributed by atoms with Crippen molar-refractivity contribution in [2.75, 3.05) is 0 Å². The van der Waals surface area contributed by atoms with Gasteiger partial charge in [-0.25, -0.2) is 8.78 Å². The third-order valence-electron chi connectivity index (χ3n) is 7.93. The standard InChI is InChI=1S/C27H39F2N/c1-2-3-4-5-6-20-7-9-21(10-8-20)11-12-22-13-15-23(16-14-22)25-18-17-24(19-30)26(28)27(25)29/h17-18,20-23H,2-16H2,1H3/t20-,21-,22?,23?. The maximum atomic E-state index is 14.3. The van der Waals surface area contributed by atoms with Crippen LogP contribution in [0.4, 0.5) is 8.78 Å². The van der Waals surface area contributed by atoms with Gasteiger partial charge in [0.1, 0.15) is 6.07 Å². The SMILES string of the molecule is CCCCCC[C@H]1CC[C@H](CCC2CCC(c3ccc(C#N)c(F)c3F)CC2)CC1. The van der Waals surface area contributed by atoms with Gasteiger partial charge in [0.15, 0.2) is 11.6 Å². The first kappa shape index (κ1) is 23.2. The van der Waals surface area contributed by atoms with E-state index in [9.17, 15) is 8.78 Å². The van der Waals surface area contributed by atoms with Crippen LogP contribution in [0.15, 0.2) is 12.1 Å². The molecular formula is C27H39F2N. The summed E-state index contributed by atoms with van der Waals surface area (Å²) in [5.41, 5.74) is 0.280. The molecule has 0 bridgehead atoms. The van der Waals surface area contributed by atoms with Crippen molar-refractivity contribution in [1.29, 1.82) is 5.26 Å². The second-order valence-electron chi connectivity index (χ2n) is 9.97. The predicted octanol–water partition coefficient (Wildman–Crippen LogP) is 8.67. The number of benzene rings is 1. The average molecular weight is 416 g/mol. The molecule has 1 aromatic rings. The summed E-state index contributed by atoms with van der Waals surface area (Å²) in [6, 6.07) is 4.78. The molecule has 166 valence electrons. The van der Waals surface area contributed by atoms with Gasteiger partial charge in [-0.3, -0.25) is 0 Å². The van der Waals surface area contributed by atoms with Gasteiger partial charge >= 0.3 is 0 Å². The van der Waals surface area contributed by atoms with Crippen LogP contribution in [0.25, 0.3) is 0 Å². The second kappa shape index (κ2) is 11.8. The molecule has 0 heterocycles. The highest BCUT2D eigenvalue weighted by Gasteiger charge is 2.27. The third kappa shape index (κ3) is 6.29. The zero-order valence-corrected chi connectivity index (χ0v) is 18.8. The molecule has 0 amide bonds. The minimum Gasteiger partial charge on any atom is -0.203 e. The van der Waals surface area contributed by atoms with Crippen molar-refractivity contribution in [1.82, 2.24) is 0 Å². The number of rotatable bonds is 9. The number of nitrogens with zero attached hydrogens (tertiary/aromatic N) is 1. The summed E-state index contributed by atoms with van der Waals surface area (Å²) in [6.07, 6.45) is 19.5. The van der Waals surface area contributed by atoms with Gasteiger partial charge in [0.05, 0.1) is 5.56 Å². The lowest BCUT2D eigenvalue weighted by molar-refractivity contribution is 0.221. The summed E-state index contributed by atoms with van der Waals surface area (Å²) in [7, 11) is 0. The van der Waals surface area contributed by atoms with Crippen LogP contribution in [0.1, 0.15) is 120 Å². The van der Waals surface area contributed by atoms with E-state index < -0.39 is 11.6 Å². The van der Waals surface area contributed by atoms with E-state index in [1.54, 1.807) is 12.1 Å². The lowest BCUT2D eigenvalue weighted by Crippen LogP contribution is -2.18. The second-order valence-corrected chi connectivity index (χ2v) is 9.97. The van der Waals surface area contributed by atoms with Crippen molar-refractivity contribution < 1.29 is 8.78 Å². The molecular weight excluding hydrogens is 376 g/mol. The predicted molar refractivity (Wildman–Crippen MR) is 119 cm³/mol. The van der Waals surface area contributed by atoms with Gasteiger partial charge in [-0.1, -0.05) is 83.6 Å². The largest absolute Gasteiger partial charge is 0.203 e. The van der Waals surface area contributed by atoms with Crippen LogP contribution >= 0.6 is 0 Å². The first-order chi connectivity index (χ1) is 14.6. The summed E-state index contributed by atoms with van der Waals surface area (Å²) in [6.45, 7) is 2.28. The molecule has 3 rings (SSSR count). The summed E-state index contributed by atoms with van der Waals surface area (Å²) < 4.78 is 28.3. The maximum Gasteiger partial charge on any atom is 0.176 e. The van der Waals surface area contributed by atoms with Crippen LogP contribution in [-0.2, 0) is 0 Å². The molecule has 0 saturated heterocycles. The van der Waals surface area contributed by atoms with Crippen molar-refractivity contribution in [3.8, 4) is 6.07 Å². The Morgan fingerprint density at radius 1 is 0.767 bits per heavy atom. The fourth-order valence-electron chi connectivity index (χ4n) is 5.87. The van der Waals surface area contributed by atoms with Gasteiger partial charge < -0.3 is 0 Å². The molecule has 3 heteroatoms. The first-order valence-electron chi connectivity index (χ1n) is 12.5. The molecule has 0 atom stereocenters. The van der Waals surface area contributed by atoms with Gasteiger partial charge in [-0.15, -0.1) is 0 Å². The lowest BCUT2D eigenvalue weighted by atomic mass is 9.73. The first-order valence-corrected chi connectivity index (χ1v) is 12.5.